The molecule has 0 heterocycles. The first-order valence-corrected chi connectivity index (χ1v) is 11.4. The fourth-order valence-electron chi connectivity index (χ4n) is 4.81. The van der Waals surface area contributed by atoms with Crippen LogP contribution in [-0.4, -0.2) is 22.1 Å². The molecule has 0 aliphatic heterocycles. The minimum atomic E-state index is -1.10. The molecule has 1 saturated carbocycles. The Morgan fingerprint density at radius 3 is 2.03 bits per heavy atom. The van der Waals surface area contributed by atoms with Crippen molar-refractivity contribution in [3.63, 3.8) is 0 Å². The van der Waals surface area contributed by atoms with Crippen LogP contribution < -0.4 is 0 Å². The van der Waals surface area contributed by atoms with Gasteiger partial charge in [-0.1, -0.05) is 92.3 Å². The second-order valence-corrected chi connectivity index (χ2v) is 9.73. The molecule has 30 heavy (non-hydrogen) atoms. The second kappa shape index (κ2) is 9.38. The average molecular weight is 404 g/mol. The first-order valence-electron chi connectivity index (χ1n) is 11.4. The van der Waals surface area contributed by atoms with E-state index < -0.39 is 5.60 Å². The maximum Gasteiger partial charge on any atom is 0.156 e. The Morgan fingerprint density at radius 1 is 0.933 bits per heavy atom. The minimum absolute atomic E-state index is 0.00874. The molecule has 1 atom stereocenters. The maximum absolute atomic E-state index is 12.0. The van der Waals surface area contributed by atoms with Crippen molar-refractivity contribution in [2.75, 3.05) is 6.54 Å². The van der Waals surface area contributed by atoms with Gasteiger partial charge in [0.05, 0.1) is 6.54 Å². The molecule has 2 aromatic carbocycles. The Labute approximate surface area is 183 Å². The van der Waals surface area contributed by atoms with Gasteiger partial charge in [-0.05, 0) is 51.2 Å². The lowest BCUT2D eigenvalue weighted by Crippen LogP contribution is -2.44. The predicted octanol–water partition coefficient (Wildman–Crippen LogP) is 6.15. The van der Waals surface area contributed by atoms with Crippen molar-refractivity contribution in [2.24, 2.45) is 5.41 Å². The van der Waals surface area contributed by atoms with E-state index >= 15 is 0 Å². The van der Waals surface area contributed by atoms with Crippen molar-refractivity contribution >= 4 is 0 Å². The Bertz CT molecular complexity index is 850. The Kier molecular flexibility index (Phi) is 7.06. The standard InChI is InChI=1S/C28H37NO/c1-5-27(19-12-13-20-27)28(30,25-17-10-7-11-18-25)21-14-22-29(26(2,3)4)23-24-15-8-6-9-16-24/h6-11,15-18,30H,5,12-13,19-20,22-23H2,1-4H3. The number of hydrogen-bond acceptors (Lipinski definition) is 2. The molecule has 0 radical (unpaired) electrons. The molecule has 3 rings (SSSR count). The summed E-state index contributed by atoms with van der Waals surface area (Å²) in [7, 11) is 0. The lowest BCUT2D eigenvalue weighted by Gasteiger charge is -2.42. The second-order valence-electron chi connectivity index (χ2n) is 9.73. The molecule has 0 spiro atoms. The molecule has 2 heteroatoms. The summed E-state index contributed by atoms with van der Waals surface area (Å²) in [6.07, 6.45) is 5.37. The highest BCUT2D eigenvalue weighted by Crippen LogP contribution is 2.53. The summed E-state index contributed by atoms with van der Waals surface area (Å²) in [5.74, 6) is 6.81. The molecular weight excluding hydrogens is 366 g/mol. The number of benzene rings is 2. The first kappa shape index (κ1) is 22.6. The van der Waals surface area contributed by atoms with Crippen LogP contribution in [0.4, 0.5) is 0 Å². The average Bonchev–Trinajstić information content (AvgIpc) is 3.24. The number of aliphatic hydroxyl groups is 1. The van der Waals surface area contributed by atoms with Crippen molar-refractivity contribution in [2.45, 2.75) is 77.5 Å². The van der Waals surface area contributed by atoms with Gasteiger partial charge >= 0.3 is 0 Å². The van der Waals surface area contributed by atoms with E-state index in [1.54, 1.807) is 0 Å². The van der Waals surface area contributed by atoms with Crippen LogP contribution >= 0.6 is 0 Å². The van der Waals surface area contributed by atoms with Gasteiger partial charge in [0.1, 0.15) is 0 Å². The van der Waals surface area contributed by atoms with E-state index in [0.29, 0.717) is 6.54 Å². The maximum atomic E-state index is 12.0. The number of nitrogens with zero attached hydrogens (tertiary/aromatic N) is 1. The van der Waals surface area contributed by atoms with Crippen LogP contribution in [0.15, 0.2) is 60.7 Å². The van der Waals surface area contributed by atoms with E-state index in [2.05, 4.69) is 74.8 Å². The van der Waals surface area contributed by atoms with Gasteiger partial charge < -0.3 is 5.11 Å². The summed E-state index contributed by atoms with van der Waals surface area (Å²) >= 11 is 0. The van der Waals surface area contributed by atoms with Gasteiger partial charge in [0, 0.05) is 17.5 Å². The van der Waals surface area contributed by atoms with Crippen LogP contribution in [0.5, 0.6) is 0 Å². The zero-order valence-electron chi connectivity index (χ0n) is 19.1. The van der Waals surface area contributed by atoms with Crippen molar-refractivity contribution in [1.82, 2.24) is 4.90 Å². The monoisotopic (exact) mass is 403 g/mol. The van der Waals surface area contributed by atoms with Crippen LogP contribution in [0, 0.1) is 17.3 Å². The quantitative estimate of drug-likeness (QED) is 0.585. The molecule has 160 valence electrons. The van der Waals surface area contributed by atoms with E-state index in [9.17, 15) is 5.11 Å². The molecule has 1 aliphatic carbocycles. The fraction of sp³-hybridized carbons (Fsp3) is 0.500. The van der Waals surface area contributed by atoms with Gasteiger partial charge in [-0.15, -0.1) is 0 Å². The number of hydrogen-bond donors (Lipinski definition) is 1. The minimum Gasteiger partial charge on any atom is -0.373 e. The summed E-state index contributed by atoms with van der Waals surface area (Å²) in [6, 6.07) is 20.7. The van der Waals surface area contributed by atoms with E-state index in [-0.39, 0.29) is 11.0 Å². The van der Waals surface area contributed by atoms with Crippen LogP contribution in [-0.2, 0) is 12.1 Å². The van der Waals surface area contributed by atoms with Gasteiger partial charge in [0.25, 0.3) is 0 Å². The van der Waals surface area contributed by atoms with Crippen LogP contribution in [0.1, 0.15) is 70.9 Å². The smallest absolute Gasteiger partial charge is 0.156 e. The fourth-order valence-corrected chi connectivity index (χ4v) is 4.81. The van der Waals surface area contributed by atoms with E-state index in [0.717, 1.165) is 31.4 Å². The molecule has 0 aromatic heterocycles. The SMILES string of the molecule is CCC1(C(O)(C#CCN(Cc2ccccc2)C(C)(C)C)c2ccccc2)CCCC1. The van der Waals surface area contributed by atoms with Crippen molar-refractivity contribution in [3.8, 4) is 11.8 Å². The molecule has 0 bridgehead atoms. The molecule has 1 fully saturated rings. The summed E-state index contributed by atoms with van der Waals surface area (Å²) in [5.41, 5.74) is 0.953. The van der Waals surface area contributed by atoms with Crippen LogP contribution in [0.2, 0.25) is 0 Å². The highest BCUT2D eigenvalue weighted by atomic mass is 16.3. The molecule has 2 nitrogen and oxygen atoms in total. The summed E-state index contributed by atoms with van der Waals surface area (Å²) in [5, 5.41) is 12.0. The van der Waals surface area contributed by atoms with Gasteiger partial charge in [-0.3, -0.25) is 4.90 Å². The Balaban J connectivity index is 1.91. The number of rotatable bonds is 6. The third kappa shape index (κ3) is 4.80. The normalized spacial score (nSPS) is 17.9. The Morgan fingerprint density at radius 2 is 1.50 bits per heavy atom. The van der Waals surface area contributed by atoms with Crippen molar-refractivity contribution in [1.29, 1.82) is 0 Å². The molecule has 0 saturated heterocycles. The van der Waals surface area contributed by atoms with Gasteiger partial charge in [0.15, 0.2) is 5.60 Å². The largest absolute Gasteiger partial charge is 0.373 e. The molecule has 2 aromatic rings. The molecular formula is C28H37NO. The lowest BCUT2D eigenvalue weighted by atomic mass is 9.65. The van der Waals surface area contributed by atoms with E-state index in [4.69, 9.17) is 0 Å². The highest BCUT2D eigenvalue weighted by Gasteiger charge is 2.50. The van der Waals surface area contributed by atoms with E-state index in [1.807, 2.05) is 30.3 Å². The topological polar surface area (TPSA) is 23.5 Å². The third-order valence-electron chi connectivity index (χ3n) is 6.90. The van der Waals surface area contributed by atoms with Gasteiger partial charge in [-0.2, -0.15) is 0 Å². The highest BCUT2D eigenvalue weighted by molar-refractivity contribution is 5.36. The zero-order valence-corrected chi connectivity index (χ0v) is 19.1. The van der Waals surface area contributed by atoms with Crippen molar-refractivity contribution < 1.29 is 5.11 Å². The van der Waals surface area contributed by atoms with Gasteiger partial charge in [-0.25, -0.2) is 0 Å². The predicted molar refractivity (Wildman–Crippen MR) is 126 cm³/mol. The molecule has 1 N–H and O–H groups in total. The van der Waals surface area contributed by atoms with Crippen LogP contribution in [0.25, 0.3) is 0 Å². The summed E-state index contributed by atoms with van der Waals surface area (Å²) < 4.78 is 0. The lowest BCUT2D eigenvalue weighted by molar-refractivity contribution is -0.0423. The first-order chi connectivity index (χ1) is 14.3. The molecule has 1 unspecified atom stereocenters. The Hall–Kier alpha value is -2.08. The molecule has 0 amide bonds. The molecule has 1 aliphatic rings. The summed E-state index contributed by atoms with van der Waals surface area (Å²) in [6.45, 7) is 10.4. The third-order valence-corrected chi connectivity index (χ3v) is 6.90. The van der Waals surface area contributed by atoms with Crippen LogP contribution in [0.3, 0.4) is 0 Å². The van der Waals surface area contributed by atoms with Gasteiger partial charge in [0.2, 0.25) is 0 Å². The van der Waals surface area contributed by atoms with E-state index in [1.165, 1.54) is 18.4 Å². The van der Waals surface area contributed by atoms with Crippen molar-refractivity contribution in [3.05, 3.63) is 71.8 Å². The summed E-state index contributed by atoms with van der Waals surface area (Å²) in [4.78, 5) is 2.38. The zero-order chi connectivity index (χ0) is 21.7.